The highest BCUT2D eigenvalue weighted by Gasteiger charge is 2.40. The fraction of sp³-hybridized carbons (Fsp3) is 0.417. The molecule has 0 heterocycles. The molecule has 160 valence electrons. The number of anilines is 2. The van der Waals surface area contributed by atoms with Crippen LogP contribution in [0.15, 0.2) is 48.5 Å². The molecule has 5 nitrogen and oxygen atoms in total. The number of nitrogens with one attached hydrogen (secondary N) is 2. The Morgan fingerprint density at radius 3 is 2.13 bits per heavy atom. The van der Waals surface area contributed by atoms with Gasteiger partial charge in [-0.2, -0.15) is 0 Å². The van der Waals surface area contributed by atoms with Crippen LogP contribution in [0.25, 0.3) is 0 Å². The van der Waals surface area contributed by atoms with Gasteiger partial charge < -0.3 is 16.4 Å². The first kappa shape index (κ1) is 22.3. The van der Waals surface area contributed by atoms with Gasteiger partial charge in [-0.15, -0.1) is 12.4 Å². The molecule has 0 spiro atoms. The van der Waals surface area contributed by atoms with Crippen molar-refractivity contribution < 1.29 is 9.59 Å². The number of nitrogens with two attached hydrogens (primary N) is 1. The predicted octanol–water partition coefficient (Wildman–Crippen LogP) is 4.76. The molecular formula is C24H30ClN3O2. The maximum atomic E-state index is 13.0. The molecule has 2 atom stereocenters. The summed E-state index contributed by atoms with van der Waals surface area (Å²) in [6, 6.07) is 15.0. The molecule has 2 aliphatic carbocycles. The van der Waals surface area contributed by atoms with Crippen molar-refractivity contribution in [3.8, 4) is 0 Å². The zero-order chi connectivity index (χ0) is 20.4. The van der Waals surface area contributed by atoms with Gasteiger partial charge in [0.15, 0.2) is 0 Å². The molecular weight excluding hydrogens is 398 g/mol. The lowest BCUT2D eigenvalue weighted by Gasteiger charge is -2.43. The van der Waals surface area contributed by atoms with Crippen LogP contribution in [-0.4, -0.2) is 17.9 Å². The molecule has 2 saturated carbocycles. The maximum Gasteiger partial charge on any atom is 0.255 e. The van der Waals surface area contributed by atoms with Gasteiger partial charge >= 0.3 is 0 Å². The van der Waals surface area contributed by atoms with Crippen LogP contribution < -0.4 is 16.4 Å². The lowest BCUT2D eigenvalue weighted by Crippen LogP contribution is -2.48. The first-order valence-corrected chi connectivity index (χ1v) is 10.6. The quantitative estimate of drug-likeness (QED) is 0.657. The highest BCUT2D eigenvalue weighted by molar-refractivity contribution is 6.05. The van der Waals surface area contributed by atoms with Gasteiger partial charge in [0, 0.05) is 28.9 Å². The SMILES string of the molecule is Cc1c(NC(=O)c2ccccc2)cccc1NC(=O)C1CC2CCCC(C1)C2N.Cl. The van der Waals surface area contributed by atoms with Crippen molar-refractivity contribution in [1.82, 2.24) is 0 Å². The zero-order valence-electron chi connectivity index (χ0n) is 17.3. The summed E-state index contributed by atoms with van der Waals surface area (Å²) >= 11 is 0. The van der Waals surface area contributed by atoms with Crippen molar-refractivity contribution in [2.45, 2.75) is 45.1 Å². The van der Waals surface area contributed by atoms with E-state index in [1.54, 1.807) is 12.1 Å². The minimum absolute atomic E-state index is 0. The molecule has 2 amide bonds. The molecule has 4 N–H and O–H groups in total. The average Bonchev–Trinajstić information content (AvgIpc) is 2.71. The summed E-state index contributed by atoms with van der Waals surface area (Å²) in [7, 11) is 0. The Bertz CT molecular complexity index is 889. The lowest BCUT2D eigenvalue weighted by molar-refractivity contribution is -0.122. The molecule has 2 aromatic carbocycles. The normalized spacial score (nSPS) is 25.0. The van der Waals surface area contributed by atoms with E-state index in [1.165, 1.54) is 6.42 Å². The Kier molecular flexibility index (Phi) is 7.16. The lowest BCUT2D eigenvalue weighted by atomic mass is 9.65. The van der Waals surface area contributed by atoms with Crippen LogP contribution in [0.1, 0.15) is 48.0 Å². The third-order valence-electron chi connectivity index (χ3n) is 6.66. The van der Waals surface area contributed by atoms with Gasteiger partial charge in [-0.1, -0.05) is 30.7 Å². The summed E-state index contributed by atoms with van der Waals surface area (Å²) in [5, 5.41) is 6.06. The molecule has 0 aromatic heterocycles. The summed E-state index contributed by atoms with van der Waals surface area (Å²) in [5.41, 5.74) is 9.29. The molecule has 6 heteroatoms. The van der Waals surface area contributed by atoms with Crippen LogP contribution >= 0.6 is 12.4 Å². The van der Waals surface area contributed by atoms with E-state index in [0.29, 0.717) is 23.1 Å². The fourth-order valence-corrected chi connectivity index (χ4v) is 4.93. The topological polar surface area (TPSA) is 84.2 Å². The average molecular weight is 428 g/mol. The third-order valence-corrected chi connectivity index (χ3v) is 6.66. The number of rotatable bonds is 4. The second-order valence-electron chi connectivity index (χ2n) is 8.48. The molecule has 0 radical (unpaired) electrons. The summed E-state index contributed by atoms with van der Waals surface area (Å²) in [6.45, 7) is 1.92. The van der Waals surface area contributed by atoms with Gasteiger partial charge in [0.1, 0.15) is 0 Å². The van der Waals surface area contributed by atoms with E-state index in [0.717, 1.165) is 36.9 Å². The van der Waals surface area contributed by atoms with Crippen molar-refractivity contribution in [3.63, 3.8) is 0 Å². The van der Waals surface area contributed by atoms with Gasteiger partial charge in [-0.05, 0) is 74.3 Å². The van der Waals surface area contributed by atoms with Crippen LogP contribution in [0.3, 0.4) is 0 Å². The Morgan fingerprint density at radius 2 is 1.50 bits per heavy atom. The van der Waals surface area contributed by atoms with Crippen LogP contribution in [0.2, 0.25) is 0 Å². The van der Waals surface area contributed by atoms with Crippen LogP contribution in [0.4, 0.5) is 11.4 Å². The number of amides is 2. The Balaban J connectivity index is 0.00000256. The highest BCUT2D eigenvalue weighted by Crippen LogP contribution is 2.42. The van der Waals surface area contributed by atoms with Crippen molar-refractivity contribution >= 4 is 35.6 Å². The van der Waals surface area contributed by atoms with E-state index in [1.807, 2.05) is 43.3 Å². The van der Waals surface area contributed by atoms with Gasteiger partial charge in [-0.25, -0.2) is 0 Å². The van der Waals surface area contributed by atoms with Gasteiger partial charge in [0.25, 0.3) is 5.91 Å². The highest BCUT2D eigenvalue weighted by atomic mass is 35.5. The van der Waals surface area contributed by atoms with E-state index >= 15 is 0 Å². The number of fused-ring (bicyclic) bond motifs is 2. The van der Waals surface area contributed by atoms with Gasteiger partial charge in [0.2, 0.25) is 5.91 Å². The van der Waals surface area contributed by atoms with Crippen molar-refractivity contribution in [3.05, 3.63) is 59.7 Å². The van der Waals surface area contributed by atoms with E-state index < -0.39 is 0 Å². The number of hydrogen-bond donors (Lipinski definition) is 3. The molecule has 2 unspecified atom stereocenters. The summed E-state index contributed by atoms with van der Waals surface area (Å²) in [5.74, 6) is 0.869. The van der Waals surface area contributed by atoms with Crippen LogP contribution in [-0.2, 0) is 4.79 Å². The van der Waals surface area contributed by atoms with Crippen LogP contribution in [0.5, 0.6) is 0 Å². The second-order valence-corrected chi connectivity index (χ2v) is 8.48. The molecule has 0 aliphatic heterocycles. The van der Waals surface area contributed by atoms with Crippen molar-refractivity contribution in [2.24, 2.45) is 23.5 Å². The minimum atomic E-state index is -0.161. The first-order chi connectivity index (χ1) is 14.0. The first-order valence-electron chi connectivity index (χ1n) is 10.6. The Labute approximate surface area is 184 Å². The molecule has 2 aromatic rings. The summed E-state index contributed by atoms with van der Waals surface area (Å²) in [6.07, 6.45) is 5.28. The number of carbonyl (C=O) groups excluding carboxylic acids is 2. The summed E-state index contributed by atoms with van der Waals surface area (Å²) in [4.78, 5) is 25.5. The molecule has 2 fully saturated rings. The number of hydrogen-bond acceptors (Lipinski definition) is 3. The zero-order valence-corrected chi connectivity index (χ0v) is 18.1. The van der Waals surface area contributed by atoms with Gasteiger partial charge in [0.05, 0.1) is 0 Å². The minimum Gasteiger partial charge on any atom is -0.327 e. The van der Waals surface area contributed by atoms with E-state index in [-0.39, 0.29) is 36.2 Å². The van der Waals surface area contributed by atoms with E-state index in [9.17, 15) is 9.59 Å². The number of halogens is 1. The monoisotopic (exact) mass is 427 g/mol. The van der Waals surface area contributed by atoms with Crippen LogP contribution in [0, 0.1) is 24.7 Å². The Morgan fingerprint density at radius 1 is 0.900 bits per heavy atom. The van der Waals surface area contributed by atoms with Crippen molar-refractivity contribution in [2.75, 3.05) is 10.6 Å². The Hall–Kier alpha value is -2.37. The largest absolute Gasteiger partial charge is 0.327 e. The number of benzene rings is 2. The van der Waals surface area contributed by atoms with E-state index in [2.05, 4.69) is 10.6 Å². The predicted molar refractivity (Wildman–Crippen MR) is 123 cm³/mol. The standard InChI is InChI=1S/C24H29N3O2.ClH/c1-15-20(26-23(28)16-7-3-2-4-8-16)11-6-12-21(15)27-24(29)19-13-17-9-5-10-18(14-19)22(17)25;/h2-4,6-8,11-12,17-19,22H,5,9-10,13-14,25H2,1H3,(H,26,28)(H,27,29);1H. The maximum absolute atomic E-state index is 13.0. The van der Waals surface area contributed by atoms with E-state index in [4.69, 9.17) is 5.73 Å². The molecule has 30 heavy (non-hydrogen) atoms. The smallest absolute Gasteiger partial charge is 0.255 e. The van der Waals surface area contributed by atoms with Gasteiger partial charge in [-0.3, -0.25) is 9.59 Å². The summed E-state index contributed by atoms with van der Waals surface area (Å²) < 4.78 is 0. The third kappa shape index (κ3) is 4.68. The molecule has 2 bridgehead atoms. The molecule has 0 saturated heterocycles. The molecule has 4 rings (SSSR count). The molecule has 2 aliphatic rings. The van der Waals surface area contributed by atoms with Crippen molar-refractivity contribution in [1.29, 1.82) is 0 Å². The second kappa shape index (κ2) is 9.63. The fourth-order valence-electron chi connectivity index (χ4n) is 4.93. The number of carbonyl (C=O) groups is 2.